The highest BCUT2D eigenvalue weighted by Gasteiger charge is 2.21. The number of nitrogens with zero attached hydrogens (tertiary/aromatic N) is 4. The van der Waals surface area contributed by atoms with E-state index in [0.29, 0.717) is 5.56 Å². The summed E-state index contributed by atoms with van der Waals surface area (Å²) < 4.78 is 2.07. The zero-order valence-electron chi connectivity index (χ0n) is 13.0. The van der Waals surface area contributed by atoms with Crippen LogP contribution in [-0.4, -0.2) is 20.8 Å². The van der Waals surface area contributed by atoms with E-state index in [1.54, 1.807) is 11.8 Å². The molecule has 1 aliphatic rings. The van der Waals surface area contributed by atoms with Crippen molar-refractivity contribution in [3.8, 4) is 17.3 Å². The Kier molecular flexibility index (Phi) is 3.79. The van der Waals surface area contributed by atoms with Crippen molar-refractivity contribution < 1.29 is 0 Å². The third-order valence-electron chi connectivity index (χ3n) is 3.30. The van der Waals surface area contributed by atoms with E-state index in [0.717, 1.165) is 34.2 Å². The largest absolute Gasteiger partial charge is 0.304 e. The van der Waals surface area contributed by atoms with Gasteiger partial charge in [-0.3, -0.25) is 4.99 Å². The molecule has 1 aliphatic heterocycles. The standard InChI is InChI=1S/C17H18N4S/c1-17(2,3)20-15-13(11-18)14(12-7-5-4-6-8-12)19-16-21(15)9-10-22-16/h4-8H,9-10H2,1-3H3. The fourth-order valence-electron chi connectivity index (χ4n) is 2.43. The lowest BCUT2D eigenvalue weighted by Crippen LogP contribution is -2.30. The molecule has 1 aromatic carbocycles. The molecule has 112 valence electrons. The summed E-state index contributed by atoms with van der Waals surface area (Å²) in [6.45, 7) is 7.00. The lowest BCUT2D eigenvalue weighted by Gasteiger charge is -2.15. The molecule has 0 atom stereocenters. The van der Waals surface area contributed by atoms with Gasteiger partial charge in [-0.2, -0.15) is 5.26 Å². The SMILES string of the molecule is CC(C)(C)N=c1c(C#N)c(-c2ccccc2)nc2n1CCS2. The molecule has 0 unspecified atom stereocenters. The average molecular weight is 310 g/mol. The molecular weight excluding hydrogens is 292 g/mol. The van der Waals surface area contributed by atoms with Gasteiger partial charge in [0.15, 0.2) is 10.6 Å². The Morgan fingerprint density at radius 2 is 2.00 bits per heavy atom. The number of hydrogen-bond donors (Lipinski definition) is 0. The number of benzene rings is 1. The van der Waals surface area contributed by atoms with Gasteiger partial charge in [-0.05, 0) is 20.8 Å². The van der Waals surface area contributed by atoms with Gasteiger partial charge in [-0.1, -0.05) is 42.1 Å². The van der Waals surface area contributed by atoms with Crippen molar-refractivity contribution in [2.45, 2.75) is 38.0 Å². The van der Waals surface area contributed by atoms with E-state index in [-0.39, 0.29) is 5.54 Å². The summed E-state index contributed by atoms with van der Waals surface area (Å²) in [7, 11) is 0. The van der Waals surface area contributed by atoms with Crippen LogP contribution in [0, 0.1) is 11.3 Å². The predicted molar refractivity (Wildman–Crippen MR) is 88.4 cm³/mol. The van der Waals surface area contributed by atoms with Crippen LogP contribution in [0.2, 0.25) is 0 Å². The first-order valence-corrected chi connectivity index (χ1v) is 8.27. The molecule has 3 rings (SSSR count). The maximum atomic E-state index is 9.72. The minimum Gasteiger partial charge on any atom is -0.304 e. The summed E-state index contributed by atoms with van der Waals surface area (Å²) in [5.41, 5.74) is 2.76. The molecule has 2 heterocycles. The predicted octanol–water partition coefficient (Wildman–Crippen LogP) is 3.23. The molecule has 0 aliphatic carbocycles. The summed E-state index contributed by atoms with van der Waals surface area (Å²) >= 11 is 1.72. The topological polar surface area (TPSA) is 54.0 Å². The van der Waals surface area contributed by atoms with Crippen molar-refractivity contribution in [3.63, 3.8) is 0 Å². The van der Waals surface area contributed by atoms with Gasteiger partial charge in [0.05, 0.1) is 11.2 Å². The van der Waals surface area contributed by atoms with Gasteiger partial charge < -0.3 is 4.57 Å². The second-order valence-corrected chi connectivity index (χ2v) is 7.26. The van der Waals surface area contributed by atoms with Gasteiger partial charge in [0, 0.05) is 17.9 Å². The highest BCUT2D eigenvalue weighted by molar-refractivity contribution is 7.99. The number of rotatable bonds is 1. The lowest BCUT2D eigenvalue weighted by atomic mass is 10.1. The number of hydrogen-bond acceptors (Lipinski definition) is 4. The highest BCUT2D eigenvalue weighted by atomic mass is 32.2. The van der Waals surface area contributed by atoms with E-state index in [2.05, 4.69) is 10.6 Å². The van der Waals surface area contributed by atoms with Gasteiger partial charge in [-0.25, -0.2) is 4.98 Å². The third-order valence-corrected chi connectivity index (χ3v) is 4.26. The first-order valence-electron chi connectivity index (χ1n) is 7.28. The average Bonchev–Trinajstić information content (AvgIpc) is 2.95. The van der Waals surface area contributed by atoms with Crippen LogP contribution in [0.25, 0.3) is 11.3 Å². The molecule has 0 amide bonds. The lowest BCUT2D eigenvalue weighted by molar-refractivity contribution is 0.532. The molecule has 0 fully saturated rings. The zero-order valence-corrected chi connectivity index (χ0v) is 13.8. The van der Waals surface area contributed by atoms with Crippen LogP contribution >= 0.6 is 11.8 Å². The van der Waals surface area contributed by atoms with Gasteiger partial charge in [0.25, 0.3) is 0 Å². The maximum absolute atomic E-state index is 9.72. The van der Waals surface area contributed by atoms with Gasteiger partial charge in [0.2, 0.25) is 0 Å². The first-order chi connectivity index (χ1) is 10.5. The van der Waals surface area contributed by atoms with Crippen molar-refractivity contribution in [2.24, 2.45) is 4.99 Å². The Labute approximate surface area is 134 Å². The van der Waals surface area contributed by atoms with Gasteiger partial charge >= 0.3 is 0 Å². The number of fused-ring (bicyclic) bond motifs is 1. The third kappa shape index (κ3) is 2.79. The quantitative estimate of drug-likeness (QED) is 0.760. The first kappa shape index (κ1) is 14.9. The van der Waals surface area contributed by atoms with Crippen LogP contribution < -0.4 is 5.49 Å². The molecule has 22 heavy (non-hydrogen) atoms. The van der Waals surface area contributed by atoms with Crippen LogP contribution in [0.3, 0.4) is 0 Å². The van der Waals surface area contributed by atoms with Crippen LogP contribution in [0.5, 0.6) is 0 Å². The summed E-state index contributed by atoms with van der Waals surface area (Å²) in [6.07, 6.45) is 0. The van der Waals surface area contributed by atoms with E-state index in [1.807, 2.05) is 51.1 Å². The molecule has 0 bridgehead atoms. The molecule has 4 nitrogen and oxygen atoms in total. The summed E-state index contributed by atoms with van der Waals surface area (Å²) in [6, 6.07) is 12.2. The van der Waals surface area contributed by atoms with Gasteiger partial charge in [0.1, 0.15) is 11.6 Å². The van der Waals surface area contributed by atoms with Crippen molar-refractivity contribution >= 4 is 11.8 Å². The van der Waals surface area contributed by atoms with E-state index < -0.39 is 0 Å². The smallest absolute Gasteiger partial charge is 0.170 e. The van der Waals surface area contributed by atoms with Crippen LogP contribution in [-0.2, 0) is 6.54 Å². The Bertz CT molecular complexity index is 808. The number of nitriles is 1. The van der Waals surface area contributed by atoms with E-state index in [4.69, 9.17) is 9.98 Å². The molecule has 2 aromatic rings. The Balaban J connectivity index is 2.37. The maximum Gasteiger partial charge on any atom is 0.170 e. The van der Waals surface area contributed by atoms with Gasteiger partial charge in [-0.15, -0.1) is 0 Å². The van der Waals surface area contributed by atoms with Crippen LogP contribution in [0.15, 0.2) is 40.5 Å². The Morgan fingerprint density at radius 3 is 2.64 bits per heavy atom. The van der Waals surface area contributed by atoms with Crippen LogP contribution in [0.1, 0.15) is 26.3 Å². The summed E-state index contributed by atoms with van der Waals surface area (Å²) in [5.74, 6) is 0.975. The highest BCUT2D eigenvalue weighted by Crippen LogP contribution is 2.27. The van der Waals surface area contributed by atoms with Crippen LogP contribution in [0.4, 0.5) is 0 Å². The fraction of sp³-hybridized carbons (Fsp3) is 0.353. The molecule has 0 N–H and O–H groups in total. The molecule has 5 heteroatoms. The monoisotopic (exact) mass is 310 g/mol. The van der Waals surface area contributed by atoms with Crippen molar-refractivity contribution in [2.75, 3.05) is 5.75 Å². The number of aromatic nitrogens is 2. The van der Waals surface area contributed by atoms with E-state index in [1.165, 1.54) is 0 Å². The molecular formula is C17H18N4S. The van der Waals surface area contributed by atoms with Crippen molar-refractivity contribution in [1.82, 2.24) is 9.55 Å². The van der Waals surface area contributed by atoms with E-state index in [9.17, 15) is 5.26 Å². The summed E-state index contributed by atoms with van der Waals surface area (Å²) in [4.78, 5) is 9.54. The van der Waals surface area contributed by atoms with E-state index >= 15 is 0 Å². The van der Waals surface area contributed by atoms with Crippen molar-refractivity contribution in [3.05, 3.63) is 41.4 Å². The molecule has 0 spiro atoms. The second-order valence-electron chi connectivity index (χ2n) is 6.20. The molecule has 0 saturated heterocycles. The Hall–Kier alpha value is -2.06. The van der Waals surface area contributed by atoms with Crippen molar-refractivity contribution in [1.29, 1.82) is 5.26 Å². The normalized spacial score (nSPS) is 14.7. The second kappa shape index (κ2) is 5.62. The minimum absolute atomic E-state index is 0.241. The summed E-state index contributed by atoms with van der Waals surface area (Å²) in [5, 5.41) is 10.7. The molecule has 0 radical (unpaired) electrons. The number of thioether (sulfide) groups is 1. The fourth-order valence-corrected chi connectivity index (χ4v) is 3.37. The zero-order chi connectivity index (χ0) is 15.7. The molecule has 0 saturated carbocycles. The minimum atomic E-state index is -0.241. The molecule has 1 aromatic heterocycles. The Morgan fingerprint density at radius 1 is 1.27 bits per heavy atom.